The van der Waals surface area contributed by atoms with E-state index < -0.39 is 0 Å². The van der Waals surface area contributed by atoms with Gasteiger partial charge in [-0.2, -0.15) is 0 Å². The number of halogens is 1. The van der Waals surface area contributed by atoms with Crippen LogP contribution in [0.25, 0.3) is 0 Å². The first-order chi connectivity index (χ1) is 8.79. The summed E-state index contributed by atoms with van der Waals surface area (Å²) in [5, 5.41) is 3.86. The van der Waals surface area contributed by atoms with Crippen LogP contribution in [0.4, 0.5) is 5.82 Å². The fourth-order valence-corrected chi connectivity index (χ4v) is 1.75. The highest BCUT2D eigenvalue weighted by Crippen LogP contribution is 2.19. The third-order valence-electron chi connectivity index (χ3n) is 2.44. The van der Waals surface area contributed by atoms with Crippen molar-refractivity contribution in [3.8, 4) is 5.75 Å². The van der Waals surface area contributed by atoms with Gasteiger partial charge < -0.3 is 10.1 Å². The molecule has 1 N–H and O–H groups in total. The standard InChI is InChI=1S/C14H15ClN2O/c1-2-16-14-9-12(7-8-17-14)18-10-11-5-3-4-6-13(11)15/h3-9H,2,10H2,1H3,(H,16,17). The fourth-order valence-electron chi connectivity index (χ4n) is 1.56. The minimum absolute atomic E-state index is 0.454. The first-order valence-corrected chi connectivity index (χ1v) is 6.23. The van der Waals surface area contributed by atoms with Gasteiger partial charge >= 0.3 is 0 Å². The van der Waals surface area contributed by atoms with E-state index in [-0.39, 0.29) is 0 Å². The number of hydrogen-bond acceptors (Lipinski definition) is 3. The highest BCUT2D eigenvalue weighted by atomic mass is 35.5. The smallest absolute Gasteiger partial charge is 0.129 e. The van der Waals surface area contributed by atoms with Crippen molar-refractivity contribution in [2.45, 2.75) is 13.5 Å². The molecule has 0 atom stereocenters. The molecule has 0 unspecified atom stereocenters. The van der Waals surface area contributed by atoms with Crippen LogP contribution in [0.15, 0.2) is 42.6 Å². The Bertz CT molecular complexity index is 517. The summed E-state index contributed by atoms with van der Waals surface area (Å²) in [7, 11) is 0. The van der Waals surface area contributed by atoms with E-state index >= 15 is 0 Å². The molecule has 94 valence electrons. The molecule has 0 aliphatic carbocycles. The number of aromatic nitrogens is 1. The Kier molecular flexibility index (Phi) is 4.42. The largest absolute Gasteiger partial charge is 0.489 e. The molecule has 0 bridgehead atoms. The number of nitrogens with zero attached hydrogens (tertiary/aromatic N) is 1. The zero-order valence-electron chi connectivity index (χ0n) is 10.2. The van der Waals surface area contributed by atoms with Crippen molar-refractivity contribution in [2.75, 3.05) is 11.9 Å². The van der Waals surface area contributed by atoms with Gasteiger partial charge in [0.2, 0.25) is 0 Å². The van der Waals surface area contributed by atoms with Crippen molar-refractivity contribution < 1.29 is 4.74 Å². The normalized spacial score (nSPS) is 10.1. The lowest BCUT2D eigenvalue weighted by Crippen LogP contribution is -2.00. The van der Waals surface area contributed by atoms with Gasteiger partial charge in [0.15, 0.2) is 0 Å². The first kappa shape index (κ1) is 12.7. The molecule has 1 aromatic carbocycles. The summed E-state index contributed by atoms with van der Waals surface area (Å²) in [6.07, 6.45) is 1.72. The van der Waals surface area contributed by atoms with Crippen LogP contribution < -0.4 is 10.1 Å². The lowest BCUT2D eigenvalue weighted by molar-refractivity contribution is 0.306. The monoisotopic (exact) mass is 262 g/mol. The van der Waals surface area contributed by atoms with Crippen molar-refractivity contribution in [1.29, 1.82) is 0 Å². The highest BCUT2D eigenvalue weighted by molar-refractivity contribution is 6.31. The van der Waals surface area contributed by atoms with Gasteiger partial charge in [0.25, 0.3) is 0 Å². The maximum atomic E-state index is 6.07. The quantitative estimate of drug-likeness (QED) is 0.891. The number of anilines is 1. The molecule has 1 heterocycles. The minimum Gasteiger partial charge on any atom is -0.489 e. The second kappa shape index (κ2) is 6.26. The van der Waals surface area contributed by atoms with Crippen LogP contribution in [-0.2, 0) is 6.61 Å². The molecule has 0 aliphatic rings. The molecule has 0 saturated heterocycles. The Morgan fingerprint density at radius 1 is 1.28 bits per heavy atom. The number of hydrogen-bond donors (Lipinski definition) is 1. The van der Waals surface area contributed by atoms with Crippen molar-refractivity contribution in [3.63, 3.8) is 0 Å². The van der Waals surface area contributed by atoms with Crippen LogP contribution in [0.3, 0.4) is 0 Å². The predicted octanol–water partition coefficient (Wildman–Crippen LogP) is 3.75. The average Bonchev–Trinajstić information content (AvgIpc) is 2.39. The van der Waals surface area contributed by atoms with Gasteiger partial charge in [-0.1, -0.05) is 29.8 Å². The van der Waals surface area contributed by atoms with Gasteiger partial charge in [-0.15, -0.1) is 0 Å². The summed E-state index contributed by atoms with van der Waals surface area (Å²) in [6, 6.07) is 11.4. The molecule has 0 spiro atoms. The SMILES string of the molecule is CCNc1cc(OCc2ccccc2Cl)ccn1. The lowest BCUT2D eigenvalue weighted by atomic mass is 10.2. The van der Waals surface area contributed by atoms with E-state index in [1.807, 2.05) is 43.3 Å². The lowest BCUT2D eigenvalue weighted by Gasteiger charge is -2.09. The number of ether oxygens (including phenoxy) is 1. The average molecular weight is 263 g/mol. The molecule has 4 heteroatoms. The summed E-state index contributed by atoms with van der Waals surface area (Å²) in [4.78, 5) is 4.18. The van der Waals surface area contributed by atoms with Gasteiger partial charge in [-0.25, -0.2) is 4.98 Å². The van der Waals surface area contributed by atoms with E-state index in [2.05, 4.69) is 10.3 Å². The van der Waals surface area contributed by atoms with Crippen LogP contribution in [0.2, 0.25) is 5.02 Å². The van der Waals surface area contributed by atoms with Crippen LogP contribution in [0.1, 0.15) is 12.5 Å². The van der Waals surface area contributed by atoms with E-state index in [1.165, 1.54) is 0 Å². The Morgan fingerprint density at radius 2 is 2.11 bits per heavy atom. The van der Waals surface area contributed by atoms with Crippen molar-refractivity contribution >= 4 is 17.4 Å². The molecule has 3 nitrogen and oxygen atoms in total. The Labute approximate surface area is 112 Å². The molecule has 0 saturated carbocycles. The third kappa shape index (κ3) is 3.37. The summed E-state index contributed by atoms with van der Waals surface area (Å²) in [6.45, 7) is 3.31. The summed E-state index contributed by atoms with van der Waals surface area (Å²) >= 11 is 6.07. The number of nitrogens with one attached hydrogen (secondary N) is 1. The third-order valence-corrected chi connectivity index (χ3v) is 2.81. The van der Waals surface area contributed by atoms with Crippen LogP contribution in [0.5, 0.6) is 5.75 Å². The van der Waals surface area contributed by atoms with Crippen LogP contribution in [-0.4, -0.2) is 11.5 Å². The van der Waals surface area contributed by atoms with E-state index in [4.69, 9.17) is 16.3 Å². The van der Waals surface area contributed by atoms with Gasteiger partial charge in [0.1, 0.15) is 18.2 Å². The summed E-state index contributed by atoms with van der Waals surface area (Å²) in [5.74, 6) is 1.59. The number of rotatable bonds is 5. The van der Waals surface area contributed by atoms with Crippen LogP contribution in [0, 0.1) is 0 Å². The van der Waals surface area contributed by atoms with Gasteiger partial charge in [-0.05, 0) is 19.1 Å². The molecule has 2 aromatic rings. The molecule has 0 fully saturated rings. The molecule has 18 heavy (non-hydrogen) atoms. The van der Waals surface area contributed by atoms with E-state index in [0.29, 0.717) is 6.61 Å². The molecule has 0 aliphatic heterocycles. The summed E-state index contributed by atoms with van der Waals surface area (Å²) in [5.41, 5.74) is 0.973. The molecular formula is C14H15ClN2O. The Hall–Kier alpha value is -1.74. The zero-order chi connectivity index (χ0) is 12.8. The highest BCUT2D eigenvalue weighted by Gasteiger charge is 2.01. The Morgan fingerprint density at radius 3 is 2.89 bits per heavy atom. The number of pyridine rings is 1. The van der Waals surface area contributed by atoms with Crippen LogP contribution >= 0.6 is 11.6 Å². The maximum Gasteiger partial charge on any atom is 0.129 e. The number of benzene rings is 1. The maximum absolute atomic E-state index is 6.07. The molecular weight excluding hydrogens is 248 g/mol. The zero-order valence-corrected chi connectivity index (χ0v) is 10.9. The van der Waals surface area contributed by atoms with Crippen molar-refractivity contribution in [3.05, 3.63) is 53.2 Å². The second-order valence-corrected chi connectivity index (χ2v) is 4.19. The molecule has 0 radical (unpaired) electrons. The Balaban J connectivity index is 2.02. The fraction of sp³-hybridized carbons (Fsp3) is 0.214. The summed E-state index contributed by atoms with van der Waals surface area (Å²) < 4.78 is 5.70. The molecule has 1 aromatic heterocycles. The molecule has 2 rings (SSSR count). The molecule has 0 amide bonds. The van der Waals surface area contributed by atoms with Crippen molar-refractivity contribution in [2.24, 2.45) is 0 Å². The topological polar surface area (TPSA) is 34.1 Å². The van der Waals surface area contributed by atoms with Gasteiger partial charge in [0.05, 0.1) is 0 Å². The predicted molar refractivity (Wildman–Crippen MR) is 74.2 cm³/mol. The van der Waals surface area contributed by atoms with E-state index in [1.54, 1.807) is 6.20 Å². The minimum atomic E-state index is 0.454. The van der Waals surface area contributed by atoms with Gasteiger partial charge in [-0.3, -0.25) is 0 Å². The second-order valence-electron chi connectivity index (χ2n) is 3.79. The van der Waals surface area contributed by atoms with Gasteiger partial charge in [0, 0.05) is 29.4 Å². The van der Waals surface area contributed by atoms with E-state index in [9.17, 15) is 0 Å². The first-order valence-electron chi connectivity index (χ1n) is 5.85. The van der Waals surface area contributed by atoms with E-state index in [0.717, 1.165) is 28.7 Å². The van der Waals surface area contributed by atoms with Crippen molar-refractivity contribution in [1.82, 2.24) is 4.98 Å².